The van der Waals surface area contributed by atoms with Crippen LogP contribution in [0.3, 0.4) is 0 Å². The minimum Gasteiger partial charge on any atom is -0.469 e. The van der Waals surface area contributed by atoms with E-state index < -0.39 is 0 Å². The number of unbranched alkanes of at least 4 members (excludes halogenated alkanes) is 1. The van der Waals surface area contributed by atoms with Crippen LogP contribution in [0.15, 0.2) is 0 Å². The summed E-state index contributed by atoms with van der Waals surface area (Å²) in [6.45, 7) is 6.11. The van der Waals surface area contributed by atoms with E-state index in [0.717, 1.165) is 0 Å². The van der Waals surface area contributed by atoms with Gasteiger partial charge in [0.2, 0.25) is 5.91 Å². The summed E-state index contributed by atoms with van der Waals surface area (Å²) in [5.74, 6) is -0.455. The second-order valence-corrected chi connectivity index (χ2v) is 5.92. The molecule has 3 amide bonds. The molecule has 0 fully saturated rings. The molecule has 0 saturated carbocycles. The number of amides is 3. The van der Waals surface area contributed by atoms with Crippen molar-refractivity contribution in [2.24, 2.45) is 0 Å². The van der Waals surface area contributed by atoms with E-state index in [1.807, 2.05) is 20.8 Å². The number of carbonyl (C=O) groups is 3. The number of hydrogen-bond donors (Lipinski definition) is 2. The topological polar surface area (TPSA) is 87.7 Å². The Bertz CT molecular complexity index is 364. The number of hydrogen-bond acceptors (Lipinski definition) is 4. The first-order valence-corrected chi connectivity index (χ1v) is 7.02. The Labute approximate surface area is 126 Å². The highest BCUT2D eigenvalue weighted by molar-refractivity contribution is 5.84. The maximum atomic E-state index is 11.7. The lowest BCUT2D eigenvalue weighted by molar-refractivity contribution is -0.140. The van der Waals surface area contributed by atoms with E-state index in [4.69, 9.17) is 0 Å². The van der Waals surface area contributed by atoms with Gasteiger partial charge in [-0.25, -0.2) is 4.79 Å². The van der Waals surface area contributed by atoms with E-state index in [9.17, 15) is 14.4 Å². The Balaban J connectivity index is 3.85. The van der Waals surface area contributed by atoms with Gasteiger partial charge in [0, 0.05) is 25.6 Å². The molecule has 0 bridgehead atoms. The van der Waals surface area contributed by atoms with Crippen molar-refractivity contribution in [3.05, 3.63) is 0 Å². The summed E-state index contributed by atoms with van der Waals surface area (Å²) in [7, 11) is 2.91. The molecule has 7 heteroatoms. The quantitative estimate of drug-likeness (QED) is 0.540. The third kappa shape index (κ3) is 10.6. The zero-order valence-electron chi connectivity index (χ0n) is 13.6. The molecule has 0 aromatic rings. The Kier molecular flexibility index (Phi) is 8.42. The summed E-state index contributed by atoms with van der Waals surface area (Å²) in [6.07, 6.45) is 1.68. The number of esters is 1. The van der Waals surface area contributed by atoms with Crippen LogP contribution in [0.25, 0.3) is 0 Å². The standard InChI is InChI=1S/C14H27N3O4/c1-14(2,3)16-11(18)10-17(4)13(20)15-9-7-6-8-12(19)21-5/h6-10H2,1-5H3,(H,15,20)(H,16,18). The predicted octanol–water partition coefficient (Wildman–Crippen LogP) is 0.886. The van der Waals surface area contributed by atoms with E-state index in [-0.39, 0.29) is 30.0 Å². The Hall–Kier alpha value is -1.79. The zero-order valence-corrected chi connectivity index (χ0v) is 13.6. The number of rotatable bonds is 7. The van der Waals surface area contributed by atoms with Gasteiger partial charge in [0.25, 0.3) is 0 Å². The molecular weight excluding hydrogens is 274 g/mol. The molecular formula is C14H27N3O4. The fourth-order valence-corrected chi connectivity index (χ4v) is 1.57. The van der Waals surface area contributed by atoms with Crippen LogP contribution in [0.5, 0.6) is 0 Å². The van der Waals surface area contributed by atoms with Crippen molar-refractivity contribution >= 4 is 17.9 Å². The Morgan fingerprint density at radius 2 is 1.76 bits per heavy atom. The van der Waals surface area contributed by atoms with Crippen LogP contribution >= 0.6 is 0 Å². The molecule has 122 valence electrons. The van der Waals surface area contributed by atoms with Gasteiger partial charge in [0.15, 0.2) is 0 Å². The number of nitrogens with zero attached hydrogens (tertiary/aromatic N) is 1. The number of methoxy groups -OCH3 is 1. The molecule has 0 aromatic heterocycles. The van der Waals surface area contributed by atoms with Gasteiger partial charge in [0.05, 0.1) is 7.11 Å². The van der Waals surface area contributed by atoms with Gasteiger partial charge in [-0.3, -0.25) is 9.59 Å². The van der Waals surface area contributed by atoms with Crippen LogP contribution in [0, 0.1) is 0 Å². The first kappa shape index (κ1) is 19.2. The van der Waals surface area contributed by atoms with Gasteiger partial charge in [0.1, 0.15) is 6.54 Å². The molecule has 0 rings (SSSR count). The summed E-state index contributed by atoms with van der Waals surface area (Å²) in [5.41, 5.74) is -0.317. The highest BCUT2D eigenvalue weighted by atomic mass is 16.5. The number of urea groups is 1. The molecule has 21 heavy (non-hydrogen) atoms. The molecule has 0 atom stereocenters. The summed E-state index contributed by atoms with van der Waals surface area (Å²) in [6, 6.07) is -0.308. The molecule has 0 radical (unpaired) electrons. The molecule has 0 aromatic carbocycles. The van der Waals surface area contributed by atoms with Crippen molar-refractivity contribution in [2.75, 3.05) is 27.2 Å². The fraction of sp³-hybridized carbons (Fsp3) is 0.786. The van der Waals surface area contributed by atoms with E-state index in [1.165, 1.54) is 12.0 Å². The molecule has 0 aliphatic carbocycles. The summed E-state index contributed by atoms with van der Waals surface area (Å²) in [4.78, 5) is 35.6. The first-order valence-electron chi connectivity index (χ1n) is 7.02. The zero-order chi connectivity index (χ0) is 16.5. The first-order chi connectivity index (χ1) is 9.65. The van der Waals surface area contributed by atoms with Crippen molar-refractivity contribution in [3.8, 4) is 0 Å². The third-order valence-electron chi connectivity index (χ3n) is 2.55. The lowest BCUT2D eigenvalue weighted by Crippen LogP contribution is -2.48. The fourth-order valence-electron chi connectivity index (χ4n) is 1.57. The second kappa shape index (κ2) is 9.20. The van der Waals surface area contributed by atoms with Gasteiger partial charge >= 0.3 is 12.0 Å². The minimum atomic E-state index is -0.317. The van der Waals surface area contributed by atoms with E-state index in [0.29, 0.717) is 25.8 Å². The molecule has 0 unspecified atom stereocenters. The lowest BCUT2D eigenvalue weighted by atomic mass is 10.1. The highest BCUT2D eigenvalue weighted by Crippen LogP contribution is 1.99. The van der Waals surface area contributed by atoms with E-state index >= 15 is 0 Å². The molecule has 0 aliphatic rings. The lowest BCUT2D eigenvalue weighted by Gasteiger charge is -2.23. The summed E-state index contributed by atoms with van der Waals surface area (Å²) >= 11 is 0. The number of ether oxygens (including phenoxy) is 1. The maximum Gasteiger partial charge on any atom is 0.317 e. The second-order valence-electron chi connectivity index (χ2n) is 5.92. The largest absolute Gasteiger partial charge is 0.469 e. The van der Waals surface area contributed by atoms with Crippen LogP contribution < -0.4 is 10.6 Å². The molecule has 0 spiro atoms. The van der Waals surface area contributed by atoms with Gasteiger partial charge < -0.3 is 20.3 Å². The van der Waals surface area contributed by atoms with Crippen LogP contribution in [0.4, 0.5) is 4.79 Å². The monoisotopic (exact) mass is 301 g/mol. The highest BCUT2D eigenvalue weighted by Gasteiger charge is 2.17. The average molecular weight is 301 g/mol. The Morgan fingerprint density at radius 3 is 2.29 bits per heavy atom. The maximum absolute atomic E-state index is 11.7. The van der Waals surface area contributed by atoms with Gasteiger partial charge in [-0.2, -0.15) is 0 Å². The molecule has 2 N–H and O–H groups in total. The van der Waals surface area contributed by atoms with Gasteiger partial charge in [-0.1, -0.05) is 0 Å². The Morgan fingerprint density at radius 1 is 1.14 bits per heavy atom. The summed E-state index contributed by atoms with van der Waals surface area (Å²) in [5, 5.41) is 5.49. The number of likely N-dealkylation sites (N-methyl/N-ethyl adjacent to an activating group) is 1. The van der Waals surface area contributed by atoms with Gasteiger partial charge in [-0.15, -0.1) is 0 Å². The van der Waals surface area contributed by atoms with Crippen molar-refractivity contribution in [2.45, 2.75) is 45.6 Å². The van der Waals surface area contributed by atoms with Crippen LogP contribution in [0.2, 0.25) is 0 Å². The van der Waals surface area contributed by atoms with E-state index in [1.54, 1.807) is 7.05 Å². The molecule has 0 aliphatic heterocycles. The molecule has 0 saturated heterocycles. The van der Waals surface area contributed by atoms with Crippen LogP contribution in [0.1, 0.15) is 40.0 Å². The van der Waals surface area contributed by atoms with Gasteiger partial charge in [-0.05, 0) is 33.6 Å². The molecule has 0 heterocycles. The minimum absolute atomic E-state index is 0.00522. The van der Waals surface area contributed by atoms with Crippen molar-refractivity contribution in [1.29, 1.82) is 0 Å². The van der Waals surface area contributed by atoms with Crippen LogP contribution in [-0.2, 0) is 14.3 Å². The number of carbonyl (C=O) groups excluding carboxylic acids is 3. The van der Waals surface area contributed by atoms with E-state index in [2.05, 4.69) is 15.4 Å². The van der Waals surface area contributed by atoms with Crippen molar-refractivity contribution in [3.63, 3.8) is 0 Å². The molecule has 7 nitrogen and oxygen atoms in total. The SMILES string of the molecule is COC(=O)CCCCNC(=O)N(C)CC(=O)NC(C)(C)C. The summed E-state index contributed by atoms with van der Waals surface area (Å²) < 4.78 is 4.52. The van der Waals surface area contributed by atoms with Crippen molar-refractivity contribution < 1.29 is 19.1 Å². The van der Waals surface area contributed by atoms with Crippen LogP contribution in [-0.4, -0.2) is 55.6 Å². The predicted molar refractivity (Wildman–Crippen MR) is 79.8 cm³/mol. The normalized spacial score (nSPS) is 10.7. The number of nitrogens with one attached hydrogen (secondary N) is 2. The smallest absolute Gasteiger partial charge is 0.317 e. The van der Waals surface area contributed by atoms with Crippen molar-refractivity contribution in [1.82, 2.24) is 15.5 Å². The average Bonchev–Trinajstić information content (AvgIpc) is 2.35. The third-order valence-corrected chi connectivity index (χ3v) is 2.55.